The molecular weight excluding hydrogens is 354 g/mol. The zero-order valence-electron chi connectivity index (χ0n) is 14.8. The fourth-order valence-electron chi connectivity index (χ4n) is 2.16. The average Bonchev–Trinajstić information content (AvgIpc) is 2.66. The van der Waals surface area contributed by atoms with E-state index in [9.17, 15) is 20.0 Å². The number of benzene rings is 2. The number of ether oxygens (including phenoxy) is 2. The molecule has 0 atom stereocenters. The van der Waals surface area contributed by atoms with E-state index in [1.165, 1.54) is 49.7 Å². The van der Waals surface area contributed by atoms with E-state index in [1.807, 2.05) is 6.92 Å². The Morgan fingerprint density at radius 1 is 1.33 bits per heavy atom. The monoisotopic (exact) mass is 373 g/mol. The zero-order chi connectivity index (χ0) is 19.8. The van der Waals surface area contributed by atoms with E-state index in [0.717, 1.165) is 0 Å². The second-order valence-electron chi connectivity index (χ2n) is 5.42. The van der Waals surface area contributed by atoms with Crippen molar-refractivity contribution in [3.8, 4) is 17.2 Å². The fourth-order valence-corrected chi connectivity index (χ4v) is 2.16. The summed E-state index contributed by atoms with van der Waals surface area (Å²) in [6, 6.07) is 8.43. The number of hydrogen-bond donors (Lipinski definition) is 2. The van der Waals surface area contributed by atoms with Gasteiger partial charge in [0, 0.05) is 17.2 Å². The molecule has 0 aliphatic carbocycles. The van der Waals surface area contributed by atoms with Gasteiger partial charge in [0.25, 0.3) is 5.91 Å². The highest BCUT2D eigenvalue weighted by Gasteiger charge is 2.21. The summed E-state index contributed by atoms with van der Waals surface area (Å²) in [5, 5.41) is 24.4. The Labute approximate surface area is 155 Å². The number of carbonyl (C=O) groups is 1. The van der Waals surface area contributed by atoms with Crippen LogP contribution in [0.5, 0.6) is 17.2 Å². The Bertz CT molecular complexity index is 849. The molecule has 1 amide bonds. The van der Waals surface area contributed by atoms with Gasteiger partial charge in [0.15, 0.2) is 5.75 Å². The number of aromatic hydroxyl groups is 1. The molecule has 0 aromatic heterocycles. The smallest absolute Gasteiger partial charge is 0.315 e. The van der Waals surface area contributed by atoms with Gasteiger partial charge in [-0.2, -0.15) is 5.10 Å². The van der Waals surface area contributed by atoms with Crippen LogP contribution in [0.15, 0.2) is 41.5 Å². The van der Waals surface area contributed by atoms with Crippen LogP contribution < -0.4 is 14.9 Å². The molecule has 0 radical (unpaired) electrons. The van der Waals surface area contributed by atoms with Crippen LogP contribution in [0.1, 0.15) is 29.3 Å². The highest BCUT2D eigenvalue weighted by molar-refractivity contribution is 5.95. The van der Waals surface area contributed by atoms with Gasteiger partial charge >= 0.3 is 5.69 Å². The zero-order valence-corrected chi connectivity index (χ0v) is 14.8. The van der Waals surface area contributed by atoms with E-state index >= 15 is 0 Å². The van der Waals surface area contributed by atoms with Crippen LogP contribution in [0.25, 0.3) is 0 Å². The normalized spacial score (nSPS) is 10.6. The molecular formula is C18H19N3O6. The first-order valence-corrected chi connectivity index (χ1v) is 8.08. The Morgan fingerprint density at radius 2 is 2.04 bits per heavy atom. The van der Waals surface area contributed by atoms with Gasteiger partial charge in [-0.05, 0) is 36.8 Å². The lowest BCUT2D eigenvalue weighted by molar-refractivity contribution is -0.386. The third-order valence-electron chi connectivity index (χ3n) is 3.43. The number of phenols is 1. The number of phenolic OH excluding ortho intramolecular Hbond substituents is 1. The third-order valence-corrected chi connectivity index (χ3v) is 3.43. The standard InChI is InChI=1S/C18H19N3O6/c1-3-8-27-17-15(21(24)25)9-12(10-16(17)26-2)11-19-20-18(23)13-4-6-14(22)7-5-13/h4-7,9-11,22H,3,8H2,1-2H3,(H,20,23)/b19-11-. The van der Waals surface area contributed by atoms with Gasteiger partial charge in [0.05, 0.1) is 24.9 Å². The van der Waals surface area contributed by atoms with Crippen LogP contribution in [0.3, 0.4) is 0 Å². The first kappa shape index (κ1) is 19.7. The highest BCUT2D eigenvalue weighted by Crippen LogP contribution is 2.38. The molecule has 0 spiro atoms. The molecule has 27 heavy (non-hydrogen) atoms. The van der Waals surface area contributed by atoms with Crippen molar-refractivity contribution in [3.05, 3.63) is 57.6 Å². The quantitative estimate of drug-likeness (QED) is 0.417. The van der Waals surface area contributed by atoms with Gasteiger partial charge in [0.2, 0.25) is 5.75 Å². The van der Waals surface area contributed by atoms with Gasteiger partial charge in [-0.15, -0.1) is 0 Å². The van der Waals surface area contributed by atoms with Crippen molar-refractivity contribution in [2.75, 3.05) is 13.7 Å². The number of nitrogens with one attached hydrogen (secondary N) is 1. The molecule has 2 aromatic carbocycles. The van der Waals surface area contributed by atoms with E-state index in [2.05, 4.69) is 10.5 Å². The molecule has 0 saturated heterocycles. The molecule has 2 aromatic rings. The number of methoxy groups -OCH3 is 1. The fraction of sp³-hybridized carbons (Fsp3) is 0.222. The Morgan fingerprint density at radius 3 is 2.63 bits per heavy atom. The van der Waals surface area contributed by atoms with Crippen LogP contribution in [-0.2, 0) is 0 Å². The number of amides is 1. The summed E-state index contributed by atoms with van der Waals surface area (Å²) in [4.78, 5) is 22.7. The number of hydrogen-bond acceptors (Lipinski definition) is 7. The number of hydrazone groups is 1. The topological polar surface area (TPSA) is 123 Å². The molecule has 0 saturated carbocycles. The minimum atomic E-state index is -0.570. The molecule has 2 N–H and O–H groups in total. The van der Waals surface area contributed by atoms with E-state index in [0.29, 0.717) is 24.2 Å². The molecule has 2 rings (SSSR count). The average molecular weight is 373 g/mol. The maximum atomic E-state index is 12.0. The van der Waals surface area contributed by atoms with E-state index < -0.39 is 10.8 Å². The first-order valence-electron chi connectivity index (χ1n) is 8.08. The van der Waals surface area contributed by atoms with Crippen LogP contribution in [0.4, 0.5) is 5.69 Å². The van der Waals surface area contributed by atoms with Crippen LogP contribution in [0.2, 0.25) is 0 Å². The molecule has 0 aliphatic rings. The number of carbonyl (C=O) groups excluding carboxylic acids is 1. The molecule has 0 heterocycles. The summed E-state index contributed by atoms with van der Waals surface area (Å²) in [7, 11) is 1.38. The maximum Gasteiger partial charge on any atom is 0.315 e. The van der Waals surface area contributed by atoms with Crippen molar-refractivity contribution in [1.29, 1.82) is 0 Å². The molecule has 9 nitrogen and oxygen atoms in total. The SMILES string of the molecule is CCCOc1c(OC)cc(/C=N\NC(=O)c2ccc(O)cc2)cc1[N+](=O)[O-]. The third kappa shape index (κ3) is 5.18. The number of rotatable bonds is 8. The molecule has 0 unspecified atom stereocenters. The van der Waals surface area contributed by atoms with Crippen molar-refractivity contribution in [1.82, 2.24) is 5.43 Å². The minimum absolute atomic E-state index is 0.0415. The van der Waals surface area contributed by atoms with Crippen molar-refractivity contribution in [3.63, 3.8) is 0 Å². The highest BCUT2D eigenvalue weighted by atomic mass is 16.6. The first-order chi connectivity index (χ1) is 13.0. The molecule has 9 heteroatoms. The van der Waals surface area contributed by atoms with Gasteiger partial charge in [-0.3, -0.25) is 14.9 Å². The van der Waals surface area contributed by atoms with Crippen molar-refractivity contribution in [2.24, 2.45) is 5.10 Å². The minimum Gasteiger partial charge on any atom is -0.508 e. The molecule has 142 valence electrons. The van der Waals surface area contributed by atoms with Crippen LogP contribution in [0, 0.1) is 10.1 Å². The van der Waals surface area contributed by atoms with Gasteiger partial charge in [-0.25, -0.2) is 5.43 Å². The maximum absolute atomic E-state index is 12.0. The summed E-state index contributed by atoms with van der Waals surface area (Å²) in [6.07, 6.45) is 1.95. The van der Waals surface area contributed by atoms with Crippen LogP contribution in [-0.4, -0.2) is 35.9 Å². The lowest BCUT2D eigenvalue weighted by Gasteiger charge is -2.11. The summed E-state index contributed by atoms with van der Waals surface area (Å²) >= 11 is 0. The number of nitro benzene ring substituents is 1. The van der Waals surface area contributed by atoms with Crippen molar-refractivity contribution >= 4 is 17.8 Å². The summed E-state index contributed by atoms with van der Waals surface area (Å²) < 4.78 is 10.6. The number of nitrogens with zero attached hydrogens (tertiary/aromatic N) is 2. The predicted octanol–water partition coefficient (Wildman–Crippen LogP) is 2.86. The van der Waals surface area contributed by atoms with E-state index in [4.69, 9.17) is 9.47 Å². The molecule has 0 fully saturated rings. The second kappa shape index (κ2) is 9.18. The van der Waals surface area contributed by atoms with Gasteiger partial charge < -0.3 is 14.6 Å². The van der Waals surface area contributed by atoms with Gasteiger partial charge in [0.1, 0.15) is 5.75 Å². The Kier molecular flexibility index (Phi) is 6.70. The van der Waals surface area contributed by atoms with E-state index in [-0.39, 0.29) is 22.9 Å². The van der Waals surface area contributed by atoms with E-state index in [1.54, 1.807) is 0 Å². The lowest BCUT2D eigenvalue weighted by atomic mass is 10.2. The van der Waals surface area contributed by atoms with Gasteiger partial charge in [-0.1, -0.05) is 6.92 Å². The lowest BCUT2D eigenvalue weighted by Crippen LogP contribution is -2.17. The van der Waals surface area contributed by atoms with Crippen molar-refractivity contribution in [2.45, 2.75) is 13.3 Å². The summed E-state index contributed by atoms with van der Waals surface area (Å²) in [5.74, 6) is -0.200. The van der Waals surface area contributed by atoms with Crippen molar-refractivity contribution < 1.29 is 24.3 Å². The summed E-state index contributed by atoms with van der Waals surface area (Å²) in [6.45, 7) is 2.20. The van der Waals surface area contributed by atoms with Crippen LogP contribution >= 0.6 is 0 Å². The molecule has 0 bridgehead atoms. The predicted molar refractivity (Wildman–Crippen MR) is 98.6 cm³/mol. The molecule has 0 aliphatic heterocycles. The Hall–Kier alpha value is -3.62. The largest absolute Gasteiger partial charge is 0.508 e. The number of nitro groups is 1. The summed E-state index contributed by atoms with van der Waals surface area (Å²) in [5.41, 5.74) is 2.71. The second-order valence-corrected chi connectivity index (χ2v) is 5.42. The Balaban J connectivity index is 2.21.